The van der Waals surface area contributed by atoms with Crippen molar-refractivity contribution in [1.29, 1.82) is 0 Å². The topological polar surface area (TPSA) is 20.3 Å². The number of hydrogen-bond acceptors (Lipinski definition) is 1. The second-order valence-electron chi connectivity index (χ2n) is 5.37. The molecule has 1 aromatic carbocycles. The first-order valence-corrected chi connectivity index (χ1v) is 7.89. The van der Waals surface area contributed by atoms with Crippen LogP contribution in [0.3, 0.4) is 0 Å². The van der Waals surface area contributed by atoms with Crippen LogP contribution in [0.5, 0.6) is 0 Å². The highest BCUT2D eigenvalue weighted by molar-refractivity contribution is 14.1. The van der Waals surface area contributed by atoms with Crippen molar-refractivity contribution in [2.45, 2.75) is 51.1 Å². The summed E-state index contributed by atoms with van der Waals surface area (Å²) in [6.07, 6.45) is 6.91. The first-order chi connectivity index (χ1) is 8.75. The second-order valence-corrected chi connectivity index (χ2v) is 6.53. The number of fused-ring (bicyclic) bond motifs is 1. The average Bonchev–Trinajstić information content (AvgIpc) is 2.40. The van der Waals surface area contributed by atoms with Crippen molar-refractivity contribution >= 4 is 28.5 Å². The van der Waals surface area contributed by atoms with Gasteiger partial charge >= 0.3 is 0 Å². The molecule has 0 radical (unpaired) electrons. The molecule has 1 amide bonds. The molecule has 96 valence electrons. The zero-order chi connectivity index (χ0) is 12.5. The van der Waals surface area contributed by atoms with Gasteiger partial charge in [-0.05, 0) is 52.6 Å². The van der Waals surface area contributed by atoms with E-state index in [1.807, 2.05) is 0 Å². The van der Waals surface area contributed by atoms with E-state index in [-0.39, 0.29) is 0 Å². The summed E-state index contributed by atoms with van der Waals surface area (Å²) in [5.41, 5.74) is 2.61. The average molecular weight is 355 g/mol. The van der Waals surface area contributed by atoms with Gasteiger partial charge in [-0.2, -0.15) is 0 Å². The van der Waals surface area contributed by atoms with Crippen molar-refractivity contribution in [3.8, 4) is 0 Å². The molecule has 0 unspecified atom stereocenters. The van der Waals surface area contributed by atoms with E-state index in [4.69, 9.17) is 0 Å². The van der Waals surface area contributed by atoms with Gasteiger partial charge in [-0.1, -0.05) is 31.4 Å². The summed E-state index contributed by atoms with van der Waals surface area (Å²) < 4.78 is 1.24. The van der Waals surface area contributed by atoms with E-state index in [1.54, 1.807) is 0 Å². The largest absolute Gasteiger partial charge is 0.335 e. The van der Waals surface area contributed by atoms with Gasteiger partial charge in [0.05, 0.1) is 6.42 Å². The molecule has 0 atom stereocenters. The lowest BCUT2D eigenvalue weighted by atomic mass is 9.91. The molecular weight excluding hydrogens is 337 g/mol. The van der Waals surface area contributed by atoms with Crippen molar-refractivity contribution in [3.63, 3.8) is 0 Å². The summed E-state index contributed by atoms with van der Waals surface area (Å²) in [5, 5.41) is 0. The smallest absolute Gasteiger partial charge is 0.227 e. The molecule has 1 saturated carbocycles. The van der Waals surface area contributed by atoms with Crippen molar-refractivity contribution in [2.24, 2.45) is 0 Å². The summed E-state index contributed by atoms with van der Waals surface area (Å²) in [5.74, 6) is 0.332. The molecule has 2 aliphatic rings. The summed E-state index contributed by atoms with van der Waals surface area (Å²) in [4.78, 5) is 14.5. The molecule has 1 aliphatic carbocycles. The Kier molecular flexibility index (Phi) is 3.59. The fourth-order valence-electron chi connectivity index (χ4n) is 3.20. The quantitative estimate of drug-likeness (QED) is 0.706. The Labute approximate surface area is 122 Å². The van der Waals surface area contributed by atoms with Crippen LogP contribution in [0.25, 0.3) is 0 Å². The molecule has 0 bridgehead atoms. The molecule has 0 aromatic heterocycles. The summed E-state index contributed by atoms with van der Waals surface area (Å²) in [6, 6.07) is 6.88. The summed E-state index contributed by atoms with van der Waals surface area (Å²) in [6.45, 7) is 0.829. The maximum absolute atomic E-state index is 12.3. The fourth-order valence-corrected chi connectivity index (χ4v) is 3.94. The van der Waals surface area contributed by atoms with Gasteiger partial charge in [-0.15, -0.1) is 0 Å². The van der Waals surface area contributed by atoms with E-state index >= 15 is 0 Å². The van der Waals surface area contributed by atoms with Gasteiger partial charge in [0.15, 0.2) is 0 Å². The lowest BCUT2D eigenvalue weighted by molar-refractivity contribution is -0.135. The zero-order valence-electron chi connectivity index (χ0n) is 10.5. The second kappa shape index (κ2) is 5.19. The highest BCUT2D eigenvalue weighted by Crippen LogP contribution is 2.30. The first-order valence-electron chi connectivity index (χ1n) is 6.81. The van der Waals surface area contributed by atoms with Crippen LogP contribution in [0.15, 0.2) is 18.2 Å². The number of carbonyl (C=O) groups is 1. The standard InChI is InChI=1S/C15H18INO/c16-14-8-4-5-11-10-17(15(18)9-13(11)14)12-6-2-1-3-7-12/h4-5,8,12H,1-3,6-7,9-10H2. The van der Waals surface area contributed by atoms with Crippen molar-refractivity contribution < 1.29 is 4.79 Å². The monoisotopic (exact) mass is 355 g/mol. The molecule has 3 heteroatoms. The molecule has 2 nitrogen and oxygen atoms in total. The minimum Gasteiger partial charge on any atom is -0.335 e. The van der Waals surface area contributed by atoms with E-state index in [0.717, 1.165) is 6.54 Å². The molecule has 1 fully saturated rings. The lowest BCUT2D eigenvalue weighted by Gasteiger charge is -2.38. The Balaban J connectivity index is 1.85. The SMILES string of the molecule is O=C1Cc2c(I)cccc2CN1C1CCCCC1. The van der Waals surface area contributed by atoms with Crippen molar-refractivity contribution in [3.05, 3.63) is 32.9 Å². The van der Waals surface area contributed by atoms with Gasteiger partial charge < -0.3 is 4.90 Å². The molecule has 1 aromatic rings. The van der Waals surface area contributed by atoms with Crippen LogP contribution < -0.4 is 0 Å². The number of rotatable bonds is 1. The summed E-state index contributed by atoms with van der Waals surface area (Å²) >= 11 is 2.34. The van der Waals surface area contributed by atoms with Crippen molar-refractivity contribution in [2.75, 3.05) is 0 Å². The van der Waals surface area contributed by atoms with Crippen LogP contribution in [0.4, 0.5) is 0 Å². The van der Waals surface area contributed by atoms with Gasteiger partial charge in [0, 0.05) is 16.2 Å². The fraction of sp³-hybridized carbons (Fsp3) is 0.533. The maximum atomic E-state index is 12.3. The van der Waals surface area contributed by atoms with Crippen LogP contribution in [0.1, 0.15) is 43.2 Å². The third kappa shape index (κ3) is 2.29. The lowest BCUT2D eigenvalue weighted by Crippen LogP contribution is -2.44. The van der Waals surface area contributed by atoms with Gasteiger partial charge in [0.2, 0.25) is 5.91 Å². The van der Waals surface area contributed by atoms with E-state index in [1.165, 1.54) is 46.8 Å². The molecule has 18 heavy (non-hydrogen) atoms. The highest BCUT2D eigenvalue weighted by Gasteiger charge is 2.30. The normalized spacial score (nSPS) is 20.9. The van der Waals surface area contributed by atoms with Crippen LogP contribution in [0.2, 0.25) is 0 Å². The third-order valence-corrected chi connectivity index (χ3v) is 5.23. The van der Waals surface area contributed by atoms with Gasteiger partial charge in [-0.3, -0.25) is 4.79 Å². The first kappa shape index (κ1) is 12.5. The number of benzene rings is 1. The molecule has 3 rings (SSSR count). The predicted molar refractivity (Wildman–Crippen MR) is 80.3 cm³/mol. The molecule has 0 spiro atoms. The van der Waals surface area contributed by atoms with E-state index in [0.29, 0.717) is 18.4 Å². The minimum atomic E-state index is 0.332. The number of amides is 1. The highest BCUT2D eigenvalue weighted by atomic mass is 127. The van der Waals surface area contributed by atoms with Crippen LogP contribution in [-0.2, 0) is 17.8 Å². The Morgan fingerprint density at radius 1 is 1.17 bits per heavy atom. The van der Waals surface area contributed by atoms with Crippen LogP contribution >= 0.6 is 22.6 Å². The molecular formula is C15H18INO. The Hall–Kier alpha value is -0.580. The number of carbonyl (C=O) groups excluding carboxylic acids is 1. The molecule has 1 aliphatic heterocycles. The van der Waals surface area contributed by atoms with E-state index < -0.39 is 0 Å². The van der Waals surface area contributed by atoms with Crippen LogP contribution in [0, 0.1) is 3.57 Å². The predicted octanol–water partition coefficient (Wildman–Crippen LogP) is 3.51. The van der Waals surface area contributed by atoms with Gasteiger partial charge in [0.25, 0.3) is 0 Å². The molecule has 0 saturated heterocycles. The number of hydrogen-bond donors (Lipinski definition) is 0. The van der Waals surface area contributed by atoms with Gasteiger partial charge in [0.1, 0.15) is 0 Å². The van der Waals surface area contributed by atoms with Gasteiger partial charge in [-0.25, -0.2) is 0 Å². The number of nitrogens with zero attached hydrogens (tertiary/aromatic N) is 1. The Morgan fingerprint density at radius 3 is 2.72 bits per heavy atom. The Bertz CT molecular complexity index is 466. The maximum Gasteiger partial charge on any atom is 0.227 e. The molecule has 0 N–H and O–H groups in total. The zero-order valence-corrected chi connectivity index (χ0v) is 12.7. The minimum absolute atomic E-state index is 0.332. The van der Waals surface area contributed by atoms with Crippen molar-refractivity contribution in [1.82, 2.24) is 4.90 Å². The number of halogens is 1. The van der Waals surface area contributed by atoms with Crippen LogP contribution in [-0.4, -0.2) is 16.8 Å². The third-order valence-electron chi connectivity index (χ3n) is 4.22. The molecule has 1 heterocycles. The Morgan fingerprint density at radius 2 is 1.94 bits per heavy atom. The summed E-state index contributed by atoms with van der Waals surface area (Å²) in [7, 11) is 0. The van der Waals surface area contributed by atoms with E-state index in [9.17, 15) is 4.79 Å². The van der Waals surface area contributed by atoms with E-state index in [2.05, 4.69) is 45.7 Å².